The fraction of sp³-hybridized carbons (Fsp3) is 0.182. The number of thiophene rings is 1. The van der Waals surface area contributed by atoms with E-state index in [1.807, 2.05) is 13.0 Å². The van der Waals surface area contributed by atoms with E-state index in [0.29, 0.717) is 13.7 Å². The van der Waals surface area contributed by atoms with Crippen LogP contribution in [0.15, 0.2) is 24.5 Å². The molecule has 0 aliphatic carbocycles. The first-order valence-electron chi connectivity index (χ1n) is 4.88. The Balaban J connectivity index is 2.20. The second-order valence-electron chi connectivity index (χ2n) is 3.50. The highest BCUT2D eigenvalue weighted by Gasteiger charge is 2.14. The number of anilines is 1. The predicted octanol–water partition coefficient (Wildman–Crippen LogP) is 5.28. The Morgan fingerprint density at radius 1 is 1.35 bits per heavy atom. The molecular formula is C11H9Cl3N2S. The van der Waals surface area contributed by atoms with Gasteiger partial charge in [0.15, 0.2) is 0 Å². The van der Waals surface area contributed by atoms with E-state index in [-0.39, 0.29) is 6.04 Å². The monoisotopic (exact) mass is 306 g/mol. The van der Waals surface area contributed by atoms with E-state index >= 15 is 0 Å². The summed E-state index contributed by atoms with van der Waals surface area (Å²) in [4.78, 5) is 4.02. The summed E-state index contributed by atoms with van der Waals surface area (Å²) in [7, 11) is 0. The van der Waals surface area contributed by atoms with Gasteiger partial charge in [-0.25, -0.2) is 0 Å². The van der Waals surface area contributed by atoms with Crippen molar-refractivity contribution in [3.8, 4) is 0 Å². The van der Waals surface area contributed by atoms with E-state index in [4.69, 9.17) is 34.8 Å². The van der Waals surface area contributed by atoms with Gasteiger partial charge in [0.25, 0.3) is 0 Å². The molecule has 0 saturated carbocycles. The number of rotatable bonds is 3. The Labute approximate surface area is 119 Å². The van der Waals surface area contributed by atoms with Crippen LogP contribution in [0, 0.1) is 0 Å². The molecule has 0 radical (unpaired) electrons. The van der Waals surface area contributed by atoms with Crippen molar-refractivity contribution in [3.05, 3.63) is 43.8 Å². The van der Waals surface area contributed by atoms with Gasteiger partial charge in [-0.05, 0) is 19.1 Å². The molecular weight excluding hydrogens is 299 g/mol. The molecule has 0 saturated heterocycles. The topological polar surface area (TPSA) is 24.9 Å². The van der Waals surface area contributed by atoms with E-state index in [1.54, 1.807) is 18.5 Å². The average molecular weight is 308 g/mol. The molecule has 2 nitrogen and oxygen atoms in total. The molecule has 17 heavy (non-hydrogen) atoms. The molecule has 0 aliphatic rings. The van der Waals surface area contributed by atoms with Gasteiger partial charge in [-0.3, -0.25) is 4.98 Å². The number of hydrogen-bond acceptors (Lipinski definition) is 3. The van der Waals surface area contributed by atoms with Gasteiger partial charge < -0.3 is 5.32 Å². The van der Waals surface area contributed by atoms with Crippen molar-refractivity contribution in [2.45, 2.75) is 13.0 Å². The maximum Gasteiger partial charge on any atom is 0.0996 e. The Hall–Kier alpha value is -0.480. The molecule has 0 aliphatic heterocycles. The molecule has 1 unspecified atom stereocenters. The molecule has 1 N–H and O–H groups in total. The zero-order valence-corrected chi connectivity index (χ0v) is 12.0. The Kier molecular flexibility index (Phi) is 4.15. The third-order valence-corrected chi connectivity index (χ3v) is 4.14. The summed E-state index contributed by atoms with van der Waals surface area (Å²) in [5.41, 5.74) is 1.74. The van der Waals surface area contributed by atoms with Crippen LogP contribution in [-0.4, -0.2) is 4.98 Å². The smallest absolute Gasteiger partial charge is 0.0996 e. The lowest BCUT2D eigenvalue weighted by Crippen LogP contribution is -2.06. The van der Waals surface area contributed by atoms with Crippen molar-refractivity contribution >= 4 is 51.8 Å². The minimum atomic E-state index is 0.0212. The maximum absolute atomic E-state index is 6.09. The number of halogens is 3. The lowest BCUT2D eigenvalue weighted by Gasteiger charge is -2.15. The third kappa shape index (κ3) is 3.05. The van der Waals surface area contributed by atoms with Crippen LogP contribution in [0.3, 0.4) is 0 Å². The second kappa shape index (κ2) is 5.44. The zero-order chi connectivity index (χ0) is 12.4. The van der Waals surface area contributed by atoms with E-state index in [9.17, 15) is 0 Å². The quantitative estimate of drug-likeness (QED) is 0.835. The number of hydrogen-bond donors (Lipinski definition) is 1. The van der Waals surface area contributed by atoms with Gasteiger partial charge in [-0.1, -0.05) is 34.8 Å². The van der Waals surface area contributed by atoms with Crippen molar-refractivity contribution in [2.75, 3.05) is 5.32 Å². The molecule has 0 aromatic carbocycles. The van der Waals surface area contributed by atoms with Gasteiger partial charge in [0.2, 0.25) is 0 Å². The number of nitrogens with one attached hydrogen (secondary N) is 1. The van der Waals surface area contributed by atoms with Crippen molar-refractivity contribution in [3.63, 3.8) is 0 Å². The second-order valence-corrected chi connectivity index (χ2v) is 6.19. The molecule has 0 spiro atoms. The van der Waals surface area contributed by atoms with Crippen molar-refractivity contribution in [1.29, 1.82) is 0 Å². The molecule has 6 heteroatoms. The molecule has 0 amide bonds. The molecule has 0 bridgehead atoms. The molecule has 2 aromatic heterocycles. The van der Waals surface area contributed by atoms with Crippen LogP contribution in [0.25, 0.3) is 0 Å². The van der Waals surface area contributed by atoms with Gasteiger partial charge in [0.1, 0.15) is 0 Å². The number of pyridine rings is 1. The third-order valence-electron chi connectivity index (χ3n) is 2.29. The van der Waals surface area contributed by atoms with E-state index in [1.165, 1.54) is 11.3 Å². The number of nitrogens with zero attached hydrogens (tertiary/aromatic N) is 1. The highest BCUT2D eigenvalue weighted by atomic mass is 35.5. The first-order chi connectivity index (χ1) is 8.08. The van der Waals surface area contributed by atoms with E-state index in [0.717, 1.165) is 11.3 Å². The summed E-state index contributed by atoms with van der Waals surface area (Å²) in [6.07, 6.45) is 3.33. The summed E-state index contributed by atoms with van der Waals surface area (Å²) in [5, 5.41) is 3.88. The molecule has 0 fully saturated rings. The van der Waals surface area contributed by atoms with Crippen molar-refractivity contribution < 1.29 is 0 Å². The standard InChI is InChI=1S/C11H9Cl3N2S/c1-6(7-4-10(13)17-11(7)14)16-9-5-15-3-2-8(9)12/h2-6,16H,1H3. The lowest BCUT2D eigenvalue weighted by atomic mass is 10.2. The summed E-state index contributed by atoms with van der Waals surface area (Å²) in [6, 6.07) is 3.61. The highest BCUT2D eigenvalue weighted by molar-refractivity contribution is 7.20. The van der Waals surface area contributed by atoms with Crippen molar-refractivity contribution in [1.82, 2.24) is 4.98 Å². The highest BCUT2D eigenvalue weighted by Crippen LogP contribution is 2.36. The minimum Gasteiger partial charge on any atom is -0.376 e. The predicted molar refractivity (Wildman–Crippen MR) is 75.6 cm³/mol. The Morgan fingerprint density at radius 3 is 2.71 bits per heavy atom. The van der Waals surface area contributed by atoms with Gasteiger partial charge in [0, 0.05) is 11.8 Å². The van der Waals surface area contributed by atoms with Gasteiger partial charge in [0.05, 0.1) is 31.6 Å². The SMILES string of the molecule is CC(Nc1cnccc1Cl)c1cc(Cl)sc1Cl. The molecule has 90 valence electrons. The molecule has 2 rings (SSSR count). The van der Waals surface area contributed by atoms with Crippen LogP contribution in [0.5, 0.6) is 0 Å². The largest absolute Gasteiger partial charge is 0.376 e. The van der Waals surface area contributed by atoms with Crippen LogP contribution >= 0.6 is 46.1 Å². The van der Waals surface area contributed by atoms with E-state index < -0.39 is 0 Å². The maximum atomic E-state index is 6.09. The summed E-state index contributed by atoms with van der Waals surface area (Å²) < 4.78 is 1.37. The van der Waals surface area contributed by atoms with Crippen LogP contribution in [0.4, 0.5) is 5.69 Å². The van der Waals surface area contributed by atoms with Crippen LogP contribution in [0.2, 0.25) is 13.7 Å². The van der Waals surface area contributed by atoms with Gasteiger partial charge in [-0.2, -0.15) is 0 Å². The van der Waals surface area contributed by atoms with Gasteiger partial charge in [-0.15, -0.1) is 11.3 Å². The van der Waals surface area contributed by atoms with Crippen LogP contribution < -0.4 is 5.32 Å². The van der Waals surface area contributed by atoms with Crippen molar-refractivity contribution in [2.24, 2.45) is 0 Å². The molecule has 2 heterocycles. The molecule has 1 atom stereocenters. The Morgan fingerprint density at radius 2 is 2.12 bits per heavy atom. The first kappa shape index (κ1) is 13.0. The minimum absolute atomic E-state index is 0.0212. The van der Waals surface area contributed by atoms with Gasteiger partial charge >= 0.3 is 0 Å². The summed E-state index contributed by atoms with van der Waals surface area (Å²) in [6.45, 7) is 1.99. The number of aromatic nitrogens is 1. The first-order valence-corrected chi connectivity index (χ1v) is 6.83. The van der Waals surface area contributed by atoms with E-state index in [2.05, 4.69) is 10.3 Å². The summed E-state index contributed by atoms with van der Waals surface area (Å²) in [5.74, 6) is 0. The normalized spacial score (nSPS) is 12.5. The Bertz CT molecular complexity index is 527. The van der Waals surface area contributed by atoms with Crippen LogP contribution in [0.1, 0.15) is 18.5 Å². The molecule has 2 aromatic rings. The lowest BCUT2D eigenvalue weighted by molar-refractivity contribution is 0.889. The summed E-state index contributed by atoms with van der Waals surface area (Å²) >= 11 is 19.4. The average Bonchev–Trinajstić information content (AvgIpc) is 2.61. The zero-order valence-electron chi connectivity index (χ0n) is 8.88. The fourth-order valence-electron chi connectivity index (χ4n) is 1.44. The fourth-order valence-corrected chi connectivity index (χ4v) is 3.25. The van der Waals surface area contributed by atoms with Crippen LogP contribution in [-0.2, 0) is 0 Å².